The molecule has 106 valence electrons. The fourth-order valence-corrected chi connectivity index (χ4v) is 1.93. The van der Waals surface area contributed by atoms with Crippen LogP contribution in [0.4, 0.5) is 4.39 Å². The molecule has 1 heterocycles. The van der Waals surface area contributed by atoms with Crippen LogP contribution in [0.2, 0.25) is 0 Å². The van der Waals surface area contributed by atoms with Crippen LogP contribution in [-0.4, -0.2) is 11.5 Å². The van der Waals surface area contributed by atoms with Crippen LogP contribution in [0.25, 0.3) is 0 Å². The summed E-state index contributed by atoms with van der Waals surface area (Å²) in [4.78, 5) is 4.25. The van der Waals surface area contributed by atoms with Gasteiger partial charge in [-0.15, -0.1) is 0 Å². The lowest BCUT2D eigenvalue weighted by atomic mass is 10.1. The van der Waals surface area contributed by atoms with E-state index in [9.17, 15) is 4.39 Å². The molecule has 0 aliphatic heterocycles. The van der Waals surface area contributed by atoms with Crippen molar-refractivity contribution in [3.05, 3.63) is 54.0 Å². The Bertz CT molecular complexity index is 560. The molecule has 0 fully saturated rings. The zero-order valence-corrected chi connectivity index (χ0v) is 11.8. The number of halogens is 1. The van der Waals surface area contributed by atoms with Crippen molar-refractivity contribution in [3.63, 3.8) is 0 Å². The molecule has 2 rings (SSSR count). The minimum atomic E-state index is -0.322. The molecule has 0 saturated heterocycles. The number of nitrogens with one attached hydrogen (secondary N) is 1. The van der Waals surface area contributed by atoms with Crippen LogP contribution in [0, 0.1) is 5.82 Å². The highest BCUT2D eigenvalue weighted by Crippen LogP contribution is 2.27. The predicted octanol–water partition coefficient (Wildman–Crippen LogP) is 4.07. The third-order valence-electron chi connectivity index (χ3n) is 2.98. The van der Waals surface area contributed by atoms with E-state index < -0.39 is 0 Å². The Morgan fingerprint density at radius 1 is 1.30 bits per heavy atom. The lowest BCUT2D eigenvalue weighted by Gasteiger charge is -2.16. The van der Waals surface area contributed by atoms with Crippen molar-refractivity contribution < 1.29 is 9.13 Å². The molecule has 0 spiro atoms. The van der Waals surface area contributed by atoms with Gasteiger partial charge in [-0.3, -0.25) is 0 Å². The van der Waals surface area contributed by atoms with Crippen molar-refractivity contribution in [2.75, 3.05) is 6.54 Å². The summed E-state index contributed by atoms with van der Waals surface area (Å²) in [6, 6.07) is 10.0. The minimum Gasteiger partial charge on any atom is -0.439 e. The van der Waals surface area contributed by atoms with Gasteiger partial charge in [0, 0.05) is 23.9 Å². The van der Waals surface area contributed by atoms with Gasteiger partial charge < -0.3 is 10.1 Å². The Morgan fingerprint density at radius 3 is 2.90 bits per heavy atom. The van der Waals surface area contributed by atoms with Gasteiger partial charge in [-0.1, -0.05) is 19.1 Å². The molecule has 20 heavy (non-hydrogen) atoms. The zero-order chi connectivity index (χ0) is 14.4. The summed E-state index contributed by atoms with van der Waals surface area (Å²) in [7, 11) is 0. The number of aromatic nitrogens is 1. The molecular formula is C16H19FN2O. The highest BCUT2D eigenvalue weighted by atomic mass is 19.1. The Hall–Kier alpha value is -1.94. The molecule has 0 amide bonds. The summed E-state index contributed by atoms with van der Waals surface area (Å²) in [5.74, 6) is 0.638. The summed E-state index contributed by atoms with van der Waals surface area (Å²) in [6.07, 6.45) is 2.73. The number of hydrogen-bond acceptors (Lipinski definition) is 3. The van der Waals surface area contributed by atoms with Gasteiger partial charge >= 0.3 is 0 Å². The number of rotatable bonds is 6. The second-order valence-electron chi connectivity index (χ2n) is 4.63. The Kier molecular flexibility index (Phi) is 5.07. The third-order valence-corrected chi connectivity index (χ3v) is 2.98. The van der Waals surface area contributed by atoms with Gasteiger partial charge in [0.1, 0.15) is 11.6 Å². The molecule has 0 aliphatic carbocycles. The summed E-state index contributed by atoms with van der Waals surface area (Å²) in [5, 5.41) is 3.39. The maximum absolute atomic E-state index is 13.2. The van der Waals surface area contributed by atoms with E-state index in [0.29, 0.717) is 11.6 Å². The van der Waals surface area contributed by atoms with Crippen molar-refractivity contribution in [1.29, 1.82) is 0 Å². The fourth-order valence-electron chi connectivity index (χ4n) is 1.93. The van der Waals surface area contributed by atoms with E-state index >= 15 is 0 Å². The molecule has 3 nitrogen and oxygen atoms in total. The molecule has 2 aromatic rings. The maximum Gasteiger partial charge on any atom is 0.223 e. The highest BCUT2D eigenvalue weighted by Gasteiger charge is 2.12. The molecule has 4 heteroatoms. The van der Waals surface area contributed by atoms with Gasteiger partial charge in [0.05, 0.1) is 0 Å². The first-order valence-electron chi connectivity index (χ1n) is 6.82. The van der Waals surface area contributed by atoms with E-state index in [2.05, 4.69) is 24.1 Å². The van der Waals surface area contributed by atoms with Gasteiger partial charge in [-0.25, -0.2) is 9.37 Å². The SMILES string of the molecule is CCCNC(C)c1cccnc1Oc1cccc(F)c1. The predicted molar refractivity (Wildman–Crippen MR) is 77.4 cm³/mol. The monoisotopic (exact) mass is 274 g/mol. The van der Waals surface area contributed by atoms with E-state index in [1.807, 2.05) is 12.1 Å². The van der Waals surface area contributed by atoms with Crippen LogP contribution in [0.1, 0.15) is 31.9 Å². The third kappa shape index (κ3) is 3.78. The lowest BCUT2D eigenvalue weighted by molar-refractivity contribution is 0.439. The van der Waals surface area contributed by atoms with Crippen molar-refractivity contribution in [3.8, 4) is 11.6 Å². The Balaban J connectivity index is 2.19. The van der Waals surface area contributed by atoms with E-state index in [1.54, 1.807) is 18.3 Å². The molecule has 0 bridgehead atoms. The Labute approximate surface area is 118 Å². The second kappa shape index (κ2) is 7.01. The summed E-state index contributed by atoms with van der Waals surface area (Å²) in [5.41, 5.74) is 0.963. The van der Waals surface area contributed by atoms with Crippen LogP contribution in [0.15, 0.2) is 42.6 Å². The molecule has 1 unspecified atom stereocenters. The second-order valence-corrected chi connectivity index (χ2v) is 4.63. The molecule has 0 aliphatic rings. The number of hydrogen-bond donors (Lipinski definition) is 1. The topological polar surface area (TPSA) is 34.2 Å². The number of pyridine rings is 1. The number of benzene rings is 1. The molecular weight excluding hydrogens is 255 g/mol. The van der Waals surface area contributed by atoms with Gasteiger partial charge in [0.15, 0.2) is 0 Å². The van der Waals surface area contributed by atoms with Gasteiger partial charge in [-0.05, 0) is 38.1 Å². The highest BCUT2D eigenvalue weighted by molar-refractivity contribution is 5.34. The van der Waals surface area contributed by atoms with Crippen LogP contribution in [0.3, 0.4) is 0 Å². The number of ether oxygens (including phenoxy) is 1. The van der Waals surface area contributed by atoms with E-state index in [0.717, 1.165) is 18.5 Å². The molecule has 1 aromatic heterocycles. The molecule has 1 N–H and O–H groups in total. The summed E-state index contributed by atoms with van der Waals surface area (Å²) >= 11 is 0. The smallest absolute Gasteiger partial charge is 0.223 e. The zero-order valence-electron chi connectivity index (χ0n) is 11.8. The van der Waals surface area contributed by atoms with Crippen molar-refractivity contribution >= 4 is 0 Å². The summed E-state index contributed by atoms with van der Waals surface area (Å²) in [6.45, 7) is 5.10. The minimum absolute atomic E-state index is 0.132. The van der Waals surface area contributed by atoms with Crippen molar-refractivity contribution in [2.24, 2.45) is 0 Å². The first-order valence-corrected chi connectivity index (χ1v) is 6.82. The van der Waals surface area contributed by atoms with Crippen LogP contribution in [-0.2, 0) is 0 Å². The van der Waals surface area contributed by atoms with Gasteiger partial charge in [-0.2, -0.15) is 0 Å². The Morgan fingerprint density at radius 2 is 2.15 bits per heavy atom. The van der Waals surface area contributed by atoms with E-state index in [-0.39, 0.29) is 11.9 Å². The first-order chi connectivity index (χ1) is 9.70. The van der Waals surface area contributed by atoms with Crippen LogP contribution in [0.5, 0.6) is 11.6 Å². The molecule has 1 aromatic carbocycles. The molecule has 0 radical (unpaired) electrons. The molecule has 1 atom stereocenters. The van der Waals surface area contributed by atoms with Crippen LogP contribution >= 0.6 is 0 Å². The van der Waals surface area contributed by atoms with Crippen molar-refractivity contribution in [1.82, 2.24) is 10.3 Å². The largest absolute Gasteiger partial charge is 0.439 e. The van der Waals surface area contributed by atoms with Gasteiger partial charge in [0.25, 0.3) is 0 Å². The standard InChI is InChI=1S/C16H19FN2O/c1-3-9-18-12(2)15-8-5-10-19-16(15)20-14-7-4-6-13(17)11-14/h4-8,10-12,18H,3,9H2,1-2H3. The van der Waals surface area contributed by atoms with E-state index in [4.69, 9.17) is 4.74 Å². The quantitative estimate of drug-likeness (QED) is 0.862. The first kappa shape index (κ1) is 14.5. The molecule has 0 saturated carbocycles. The number of nitrogens with zero attached hydrogens (tertiary/aromatic N) is 1. The lowest BCUT2D eigenvalue weighted by Crippen LogP contribution is -2.20. The van der Waals surface area contributed by atoms with Crippen LogP contribution < -0.4 is 10.1 Å². The normalized spacial score (nSPS) is 12.2. The van der Waals surface area contributed by atoms with E-state index in [1.165, 1.54) is 12.1 Å². The van der Waals surface area contributed by atoms with Gasteiger partial charge in [0.2, 0.25) is 5.88 Å². The van der Waals surface area contributed by atoms with Crippen molar-refractivity contribution in [2.45, 2.75) is 26.3 Å². The average molecular weight is 274 g/mol. The maximum atomic E-state index is 13.2. The summed E-state index contributed by atoms with van der Waals surface area (Å²) < 4.78 is 18.9. The average Bonchev–Trinajstić information content (AvgIpc) is 2.45. The fraction of sp³-hybridized carbons (Fsp3) is 0.312.